The van der Waals surface area contributed by atoms with Crippen LogP contribution in [0.25, 0.3) is 0 Å². The minimum Gasteiger partial charge on any atom is -0.365 e. The van der Waals surface area contributed by atoms with Crippen molar-refractivity contribution in [2.75, 3.05) is 13.1 Å². The predicted octanol–water partition coefficient (Wildman–Crippen LogP) is 2.09. The summed E-state index contributed by atoms with van der Waals surface area (Å²) in [5.41, 5.74) is 7.98. The predicted molar refractivity (Wildman–Crippen MR) is 78.6 cm³/mol. The third-order valence-electron chi connectivity index (χ3n) is 4.16. The molecule has 0 aromatic heterocycles. The van der Waals surface area contributed by atoms with E-state index in [0.29, 0.717) is 10.2 Å². The van der Waals surface area contributed by atoms with Crippen LogP contribution < -0.4 is 10.2 Å². The number of nitrogens with zero attached hydrogens (tertiary/aromatic N) is 1. The molecule has 0 aliphatic carbocycles. The highest BCUT2D eigenvalue weighted by molar-refractivity contribution is 7.79. The average Bonchev–Trinajstić information content (AvgIpc) is 2.88. The van der Waals surface area contributed by atoms with Crippen molar-refractivity contribution in [3.05, 3.63) is 29.8 Å². The molecule has 1 atom stereocenters. The summed E-state index contributed by atoms with van der Waals surface area (Å²) in [6, 6.07) is 8.10. The zero-order valence-electron chi connectivity index (χ0n) is 10.8. The van der Waals surface area contributed by atoms with Crippen molar-refractivity contribution in [1.82, 2.24) is 4.48 Å². The van der Waals surface area contributed by atoms with Gasteiger partial charge in [0.25, 0.3) is 5.91 Å². The number of hydrogen-bond donors (Lipinski definition) is 2. The number of rotatable bonds is 4. The molecule has 1 heterocycles. The quantitative estimate of drug-likeness (QED) is 0.635. The lowest BCUT2D eigenvalue weighted by Gasteiger charge is -2.39. The van der Waals surface area contributed by atoms with E-state index in [1.807, 2.05) is 19.1 Å². The SMILES string of the molecule is CC(C(N)=O)[N+]1(c2ccccc2CS)CCCC1. The maximum Gasteiger partial charge on any atom is 0.275 e. The van der Waals surface area contributed by atoms with Gasteiger partial charge in [0.15, 0.2) is 6.04 Å². The van der Waals surface area contributed by atoms with Gasteiger partial charge in [0.1, 0.15) is 5.69 Å². The van der Waals surface area contributed by atoms with Crippen LogP contribution in [0.3, 0.4) is 0 Å². The Morgan fingerprint density at radius 1 is 1.39 bits per heavy atom. The molecule has 3 nitrogen and oxygen atoms in total. The first-order valence-corrected chi connectivity index (χ1v) is 7.10. The molecule has 1 aromatic rings. The third kappa shape index (κ3) is 2.15. The van der Waals surface area contributed by atoms with E-state index in [-0.39, 0.29) is 11.9 Å². The molecule has 4 heteroatoms. The number of likely N-dealkylation sites (tertiary alicyclic amines) is 1. The first kappa shape index (κ1) is 13.4. The fourth-order valence-corrected chi connectivity index (χ4v) is 3.33. The van der Waals surface area contributed by atoms with E-state index < -0.39 is 0 Å². The lowest BCUT2D eigenvalue weighted by atomic mass is 10.1. The fraction of sp³-hybridized carbons (Fsp3) is 0.500. The summed E-state index contributed by atoms with van der Waals surface area (Å²) in [7, 11) is 0. The van der Waals surface area contributed by atoms with E-state index in [9.17, 15) is 4.79 Å². The summed E-state index contributed by atoms with van der Waals surface area (Å²) >= 11 is 4.40. The standard InChI is InChI=1S/C14H20N2OS/c1-11(14(15)17)16(8-4-5-9-16)13-7-3-2-6-12(13)10-18/h2-3,6-7,11H,4-5,8-10H2,1H3,(H2-,15,17,18)/p+1. The van der Waals surface area contributed by atoms with Gasteiger partial charge in [-0.3, -0.25) is 9.28 Å². The molecule has 0 spiro atoms. The van der Waals surface area contributed by atoms with Crippen molar-refractivity contribution in [3.8, 4) is 0 Å². The van der Waals surface area contributed by atoms with Crippen LogP contribution in [-0.4, -0.2) is 25.0 Å². The molecule has 1 saturated heterocycles. The Labute approximate surface area is 114 Å². The van der Waals surface area contributed by atoms with Gasteiger partial charge in [0.2, 0.25) is 0 Å². The van der Waals surface area contributed by atoms with Crippen LogP contribution >= 0.6 is 12.6 Å². The molecule has 0 saturated carbocycles. The van der Waals surface area contributed by atoms with Crippen molar-refractivity contribution in [2.45, 2.75) is 31.6 Å². The molecule has 1 aliphatic heterocycles. The second kappa shape index (κ2) is 5.33. The summed E-state index contributed by atoms with van der Waals surface area (Å²) in [4.78, 5) is 11.7. The van der Waals surface area contributed by atoms with Crippen LogP contribution in [0.1, 0.15) is 25.3 Å². The van der Waals surface area contributed by atoms with Crippen molar-refractivity contribution < 1.29 is 4.79 Å². The number of carbonyl (C=O) groups excluding carboxylic acids is 1. The third-order valence-corrected chi connectivity index (χ3v) is 4.50. The summed E-state index contributed by atoms with van der Waals surface area (Å²) in [6.07, 6.45) is 2.30. The highest BCUT2D eigenvalue weighted by Gasteiger charge is 2.43. The largest absolute Gasteiger partial charge is 0.365 e. The molecular formula is C14H21N2OS+. The number of primary amides is 1. The minimum absolute atomic E-state index is 0.173. The monoisotopic (exact) mass is 265 g/mol. The number of nitrogens with two attached hydrogens (primary N) is 1. The highest BCUT2D eigenvalue weighted by Crippen LogP contribution is 2.35. The van der Waals surface area contributed by atoms with Gasteiger partial charge in [0.05, 0.1) is 13.1 Å². The number of hydrogen-bond acceptors (Lipinski definition) is 2. The van der Waals surface area contributed by atoms with Gasteiger partial charge in [-0.2, -0.15) is 12.6 Å². The molecule has 0 bridgehead atoms. The molecule has 18 heavy (non-hydrogen) atoms. The Bertz CT molecular complexity index is 441. The Morgan fingerprint density at radius 3 is 2.56 bits per heavy atom. The van der Waals surface area contributed by atoms with Crippen LogP contribution in [-0.2, 0) is 10.5 Å². The topological polar surface area (TPSA) is 43.1 Å². The molecular weight excluding hydrogens is 244 g/mol. The molecule has 0 radical (unpaired) electrons. The second-order valence-electron chi connectivity index (χ2n) is 5.05. The number of thiol groups is 1. The lowest BCUT2D eigenvalue weighted by Crippen LogP contribution is -2.59. The summed E-state index contributed by atoms with van der Waals surface area (Å²) in [5.74, 6) is 0.479. The Balaban J connectivity index is 2.50. The summed E-state index contributed by atoms with van der Waals surface area (Å²) < 4.78 is 0.700. The Morgan fingerprint density at radius 2 is 2.00 bits per heavy atom. The second-order valence-corrected chi connectivity index (χ2v) is 5.37. The van der Waals surface area contributed by atoms with Crippen LogP contribution in [0.15, 0.2) is 24.3 Å². The van der Waals surface area contributed by atoms with Gasteiger partial charge < -0.3 is 5.73 Å². The molecule has 1 aromatic carbocycles. The molecule has 98 valence electrons. The number of quaternary nitrogens is 1. The average molecular weight is 265 g/mol. The number of amides is 1. The smallest absolute Gasteiger partial charge is 0.275 e. The van der Waals surface area contributed by atoms with Gasteiger partial charge in [0, 0.05) is 24.2 Å². The lowest BCUT2D eigenvalue weighted by molar-refractivity contribution is -0.122. The molecule has 1 fully saturated rings. The van der Waals surface area contributed by atoms with Crippen LogP contribution in [0.4, 0.5) is 5.69 Å². The van der Waals surface area contributed by atoms with E-state index in [1.165, 1.54) is 11.3 Å². The maximum atomic E-state index is 11.7. The molecule has 1 unspecified atom stereocenters. The highest BCUT2D eigenvalue weighted by atomic mass is 32.1. The molecule has 1 amide bonds. The van der Waals surface area contributed by atoms with Gasteiger partial charge >= 0.3 is 0 Å². The summed E-state index contributed by atoms with van der Waals surface area (Å²) in [6.45, 7) is 3.94. The van der Waals surface area contributed by atoms with Crippen LogP contribution in [0, 0.1) is 0 Å². The van der Waals surface area contributed by atoms with Crippen LogP contribution in [0.2, 0.25) is 0 Å². The van der Waals surface area contributed by atoms with Gasteiger partial charge in [-0.15, -0.1) is 0 Å². The zero-order chi connectivity index (χ0) is 13.2. The van der Waals surface area contributed by atoms with Gasteiger partial charge in [-0.05, 0) is 13.0 Å². The first-order valence-electron chi connectivity index (χ1n) is 6.47. The van der Waals surface area contributed by atoms with Crippen molar-refractivity contribution in [3.63, 3.8) is 0 Å². The molecule has 2 rings (SSSR count). The van der Waals surface area contributed by atoms with E-state index in [0.717, 1.165) is 25.9 Å². The molecule has 1 aliphatic rings. The zero-order valence-corrected chi connectivity index (χ0v) is 11.7. The number of para-hydroxylation sites is 1. The van der Waals surface area contributed by atoms with E-state index in [4.69, 9.17) is 5.73 Å². The Kier molecular flexibility index (Phi) is 3.97. The summed E-state index contributed by atoms with van der Waals surface area (Å²) in [5, 5.41) is 0. The number of carbonyl (C=O) groups is 1. The van der Waals surface area contributed by atoms with Crippen molar-refractivity contribution >= 4 is 24.2 Å². The molecule has 2 N–H and O–H groups in total. The van der Waals surface area contributed by atoms with Gasteiger partial charge in [-0.25, -0.2) is 0 Å². The number of benzene rings is 1. The normalized spacial score (nSPS) is 19.7. The van der Waals surface area contributed by atoms with E-state index >= 15 is 0 Å². The van der Waals surface area contributed by atoms with Crippen LogP contribution in [0.5, 0.6) is 0 Å². The van der Waals surface area contributed by atoms with Crippen molar-refractivity contribution in [1.29, 1.82) is 0 Å². The fourth-order valence-electron chi connectivity index (χ4n) is 3.06. The maximum absolute atomic E-state index is 11.7. The minimum atomic E-state index is -0.217. The van der Waals surface area contributed by atoms with E-state index in [1.54, 1.807) is 0 Å². The first-order chi connectivity index (χ1) is 8.62. The Hall–Kier alpha value is -1.00. The van der Waals surface area contributed by atoms with Gasteiger partial charge in [-0.1, -0.05) is 18.2 Å². The van der Waals surface area contributed by atoms with Crippen molar-refractivity contribution in [2.24, 2.45) is 5.73 Å². The van der Waals surface area contributed by atoms with E-state index in [2.05, 4.69) is 24.8 Å².